The number of carbonyl (C=O) groups is 3. The molecule has 1 fully saturated rings. The van der Waals surface area contributed by atoms with Crippen molar-refractivity contribution in [3.8, 4) is 0 Å². The quantitative estimate of drug-likeness (QED) is 0.685. The molecule has 0 radical (unpaired) electrons. The lowest BCUT2D eigenvalue weighted by Gasteiger charge is -2.15. The molecular weight excluding hydrogens is 292 g/mol. The summed E-state index contributed by atoms with van der Waals surface area (Å²) in [5.74, 6) is -0.909. The molecule has 1 heterocycles. The number of imide groups is 1. The van der Waals surface area contributed by atoms with Crippen molar-refractivity contribution in [2.75, 3.05) is 11.9 Å². The molecule has 3 rings (SSSR count). The smallest absolute Gasteiger partial charge is 0.233 e. The average Bonchev–Trinajstić information content (AvgIpc) is 2.80. The number of hydrogen-bond donors (Lipinski definition) is 1. The van der Waals surface area contributed by atoms with Crippen LogP contribution in [0.1, 0.15) is 24.8 Å². The van der Waals surface area contributed by atoms with E-state index in [1.54, 1.807) is 0 Å². The van der Waals surface area contributed by atoms with Crippen LogP contribution in [-0.4, -0.2) is 29.2 Å². The summed E-state index contributed by atoms with van der Waals surface area (Å²) in [5.41, 5.74) is 1.74. The molecule has 0 unspecified atom stereocenters. The molecule has 5 nitrogen and oxygen atoms in total. The lowest BCUT2D eigenvalue weighted by Crippen LogP contribution is -2.34. The van der Waals surface area contributed by atoms with Crippen LogP contribution in [0.25, 0.3) is 0 Å². The van der Waals surface area contributed by atoms with Gasteiger partial charge in [-0.05, 0) is 31.4 Å². The highest BCUT2D eigenvalue weighted by Crippen LogP contribution is 2.35. The van der Waals surface area contributed by atoms with Gasteiger partial charge in [-0.15, -0.1) is 0 Å². The zero-order chi connectivity index (χ0) is 16.4. The molecule has 1 aliphatic carbocycles. The minimum atomic E-state index is -0.230. The lowest BCUT2D eigenvalue weighted by molar-refractivity contribution is -0.140. The molecule has 1 aromatic carbocycles. The summed E-state index contributed by atoms with van der Waals surface area (Å²) in [6.07, 6.45) is 5.29. The molecule has 3 amide bonds. The van der Waals surface area contributed by atoms with Gasteiger partial charge in [-0.2, -0.15) is 0 Å². The highest BCUT2D eigenvalue weighted by atomic mass is 16.2. The summed E-state index contributed by atoms with van der Waals surface area (Å²) in [4.78, 5) is 38.0. The van der Waals surface area contributed by atoms with Crippen LogP contribution < -0.4 is 5.32 Å². The van der Waals surface area contributed by atoms with Crippen molar-refractivity contribution >= 4 is 23.4 Å². The largest absolute Gasteiger partial charge is 0.326 e. The molecular formula is C18H20N2O3. The third-order valence-corrected chi connectivity index (χ3v) is 4.58. The Morgan fingerprint density at radius 3 is 2.35 bits per heavy atom. The van der Waals surface area contributed by atoms with Crippen LogP contribution in [0.5, 0.6) is 0 Å². The first-order valence-corrected chi connectivity index (χ1v) is 7.93. The van der Waals surface area contributed by atoms with E-state index in [4.69, 9.17) is 0 Å². The monoisotopic (exact) mass is 312 g/mol. The van der Waals surface area contributed by atoms with Gasteiger partial charge >= 0.3 is 0 Å². The first-order chi connectivity index (χ1) is 11.1. The van der Waals surface area contributed by atoms with Gasteiger partial charge in [0, 0.05) is 18.7 Å². The van der Waals surface area contributed by atoms with Crippen LogP contribution in [0, 0.1) is 18.8 Å². The SMILES string of the molecule is Cc1ccccc1NC(=O)CCN1C(=O)[C@H]2CC=CC[C@H]2C1=O. The third-order valence-electron chi connectivity index (χ3n) is 4.58. The predicted molar refractivity (Wildman–Crippen MR) is 86.5 cm³/mol. The van der Waals surface area contributed by atoms with E-state index in [0.717, 1.165) is 11.3 Å². The summed E-state index contributed by atoms with van der Waals surface area (Å²) in [5, 5.41) is 2.83. The van der Waals surface area contributed by atoms with E-state index in [2.05, 4.69) is 5.32 Å². The first kappa shape index (κ1) is 15.5. The van der Waals surface area contributed by atoms with E-state index in [1.807, 2.05) is 43.3 Å². The van der Waals surface area contributed by atoms with E-state index in [0.29, 0.717) is 12.8 Å². The predicted octanol–water partition coefficient (Wildman–Crippen LogP) is 2.27. The fourth-order valence-corrected chi connectivity index (χ4v) is 3.23. The third kappa shape index (κ3) is 3.04. The second-order valence-corrected chi connectivity index (χ2v) is 6.10. The molecule has 1 aromatic rings. The molecule has 120 valence electrons. The van der Waals surface area contributed by atoms with Crippen LogP contribution in [0.15, 0.2) is 36.4 Å². The molecule has 1 saturated heterocycles. The van der Waals surface area contributed by atoms with Crippen LogP contribution in [0.3, 0.4) is 0 Å². The van der Waals surface area contributed by atoms with Gasteiger partial charge in [0.15, 0.2) is 0 Å². The van der Waals surface area contributed by atoms with Gasteiger partial charge in [0.2, 0.25) is 17.7 Å². The number of benzene rings is 1. The highest BCUT2D eigenvalue weighted by molar-refractivity contribution is 6.05. The van der Waals surface area contributed by atoms with Gasteiger partial charge in [0.05, 0.1) is 11.8 Å². The summed E-state index contributed by atoms with van der Waals surface area (Å²) >= 11 is 0. The summed E-state index contributed by atoms with van der Waals surface area (Å²) in [6.45, 7) is 2.07. The van der Waals surface area contributed by atoms with E-state index in [-0.39, 0.29) is 42.5 Å². The molecule has 5 heteroatoms. The number of para-hydroxylation sites is 1. The van der Waals surface area contributed by atoms with Crippen LogP contribution in [-0.2, 0) is 14.4 Å². The molecule has 0 bridgehead atoms. The number of nitrogens with zero attached hydrogens (tertiary/aromatic N) is 1. The Morgan fingerprint density at radius 2 is 1.74 bits per heavy atom. The number of amides is 3. The van der Waals surface area contributed by atoms with Crippen molar-refractivity contribution < 1.29 is 14.4 Å². The summed E-state index contributed by atoms with van der Waals surface area (Å²) in [6, 6.07) is 7.51. The number of allylic oxidation sites excluding steroid dienone is 2. The Morgan fingerprint density at radius 1 is 1.13 bits per heavy atom. The zero-order valence-corrected chi connectivity index (χ0v) is 13.1. The maximum atomic E-state index is 12.3. The number of fused-ring (bicyclic) bond motifs is 1. The standard InChI is InChI=1S/C18H20N2O3/c1-12-6-2-5-9-15(12)19-16(21)10-11-20-17(22)13-7-3-4-8-14(13)18(20)23/h2-6,9,13-14H,7-8,10-11H2,1H3,(H,19,21)/t13-,14+. The van der Waals surface area contributed by atoms with Crippen molar-refractivity contribution in [1.29, 1.82) is 0 Å². The van der Waals surface area contributed by atoms with Gasteiger partial charge in [0.1, 0.15) is 0 Å². The average molecular weight is 312 g/mol. The molecule has 0 saturated carbocycles. The topological polar surface area (TPSA) is 66.5 Å². The Bertz CT molecular complexity index is 655. The van der Waals surface area contributed by atoms with Gasteiger partial charge in [0.25, 0.3) is 0 Å². The molecule has 1 N–H and O–H groups in total. The Hall–Kier alpha value is -2.43. The van der Waals surface area contributed by atoms with Crippen LogP contribution in [0.2, 0.25) is 0 Å². The Labute approximate surface area is 135 Å². The number of anilines is 1. The van der Waals surface area contributed by atoms with Gasteiger partial charge in [-0.1, -0.05) is 30.4 Å². The van der Waals surface area contributed by atoms with Crippen molar-refractivity contribution in [2.24, 2.45) is 11.8 Å². The van der Waals surface area contributed by atoms with Crippen molar-refractivity contribution in [1.82, 2.24) is 4.90 Å². The van der Waals surface area contributed by atoms with Gasteiger partial charge < -0.3 is 5.32 Å². The molecule has 2 atom stereocenters. The number of nitrogens with one attached hydrogen (secondary N) is 1. The van der Waals surface area contributed by atoms with E-state index in [1.165, 1.54) is 4.90 Å². The summed E-state index contributed by atoms with van der Waals surface area (Å²) < 4.78 is 0. The maximum Gasteiger partial charge on any atom is 0.233 e. The number of rotatable bonds is 4. The molecule has 23 heavy (non-hydrogen) atoms. The number of likely N-dealkylation sites (tertiary alicyclic amines) is 1. The molecule has 1 aliphatic heterocycles. The van der Waals surface area contributed by atoms with E-state index in [9.17, 15) is 14.4 Å². The fourth-order valence-electron chi connectivity index (χ4n) is 3.23. The Balaban J connectivity index is 1.58. The summed E-state index contributed by atoms with van der Waals surface area (Å²) in [7, 11) is 0. The van der Waals surface area contributed by atoms with E-state index >= 15 is 0 Å². The van der Waals surface area contributed by atoms with Gasteiger partial charge in [-0.25, -0.2) is 0 Å². The minimum Gasteiger partial charge on any atom is -0.326 e. The normalized spacial score (nSPS) is 23.1. The number of hydrogen-bond acceptors (Lipinski definition) is 3. The number of aryl methyl sites for hydroxylation is 1. The number of carbonyl (C=O) groups excluding carboxylic acids is 3. The van der Waals surface area contributed by atoms with Crippen LogP contribution in [0.4, 0.5) is 5.69 Å². The zero-order valence-electron chi connectivity index (χ0n) is 13.1. The molecule has 0 aromatic heterocycles. The molecule has 0 spiro atoms. The van der Waals surface area contributed by atoms with Crippen LogP contribution >= 0.6 is 0 Å². The molecule has 2 aliphatic rings. The van der Waals surface area contributed by atoms with Crippen molar-refractivity contribution in [3.05, 3.63) is 42.0 Å². The minimum absolute atomic E-state index is 0.124. The van der Waals surface area contributed by atoms with Gasteiger partial charge in [-0.3, -0.25) is 19.3 Å². The maximum absolute atomic E-state index is 12.3. The van der Waals surface area contributed by atoms with Crippen molar-refractivity contribution in [2.45, 2.75) is 26.2 Å². The second kappa shape index (κ2) is 6.36. The highest BCUT2D eigenvalue weighted by Gasteiger charge is 2.46. The van der Waals surface area contributed by atoms with E-state index < -0.39 is 0 Å². The first-order valence-electron chi connectivity index (χ1n) is 7.93. The fraction of sp³-hybridized carbons (Fsp3) is 0.389. The Kier molecular flexibility index (Phi) is 4.28. The second-order valence-electron chi connectivity index (χ2n) is 6.10. The van der Waals surface area contributed by atoms with Crippen molar-refractivity contribution in [3.63, 3.8) is 0 Å². The lowest BCUT2D eigenvalue weighted by atomic mass is 9.85.